The number of benzene rings is 1. The van der Waals surface area contributed by atoms with Crippen molar-refractivity contribution in [2.45, 2.75) is 24.9 Å². The fourth-order valence-electron chi connectivity index (χ4n) is 3.51. The van der Waals surface area contributed by atoms with Crippen LogP contribution in [-0.2, 0) is 4.79 Å². The zero-order valence-corrected chi connectivity index (χ0v) is 12.0. The van der Waals surface area contributed by atoms with E-state index in [1.54, 1.807) is 6.07 Å². The van der Waals surface area contributed by atoms with Crippen LogP contribution >= 0.6 is 0 Å². The smallest absolute Gasteiger partial charge is 0.328 e. The quantitative estimate of drug-likeness (QED) is 0.849. The average molecular weight is 304 g/mol. The van der Waals surface area contributed by atoms with Gasteiger partial charge in [0.05, 0.1) is 5.69 Å². The number of rotatable bonds is 2. The van der Waals surface area contributed by atoms with E-state index in [0.717, 1.165) is 25.2 Å². The first-order valence-electron chi connectivity index (χ1n) is 7.54. The zero-order chi connectivity index (χ0) is 15.3. The molecule has 3 aliphatic heterocycles. The molecule has 0 unspecified atom stereocenters. The van der Waals surface area contributed by atoms with Crippen LogP contribution in [0.4, 0.5) is 20.6 Å². The predicted octanol–water partition coefficient (Wildman–Crippen LogP) is 0.822. The average Bonchev–Trinajstić information content (AvgIpc) is 2.81. The molecule has 22 heavy (non-hydrogen) atoms. The molecule has 116 valence electrons. The van der Waals surface area contributed by atoms with E-state index < -0.39 is 11.8 Å². The Kier molecular flexibility index (Phi) is 3.04. The van der Waals surface area contributed by atoms with Gasteiger partial charge in [0.15, 0.2) is 0 Å². The molecule has 0 radical (unpaired) electrons. The van der Waals surface area contributed by atoms with Crippen molar-refractivity contribution in [2.24, 2.45) is 0 Å². The lowest BCUT2D eigenvalue weighted by Crippen LogP contribution is -2.61. The van der Waals surface area contributed by atoms with E-state index in [2.05, 4.69) is 15.5 Å². The lowest BCUT2D eigenvalue weighted by atomic mass is 9.96. The minimum atomic E-state index is -0.563. The van der Waals surface area contributed by atoms with Gasteiger partial charge in [-0.1, -0.05) is 0 Å². The molecular weight excluding hydrogens is 287 g/mol. The summed E-state index contributed by atoms with van der Waals surface area (Å²) in [5, 5.41) is 5.62. The van der Waals surface area contributed by atoms with Crippen LogP contribution in [0.25, 0.3) is 0 Å². The van der Waals surface area contributed by atoms with Gasteiger partial charge < -0.3 is 10.2 Å². The monoisotopic (exact) mass is 304 g/mol. The van der Waals surface area contributed by atoms with Gasteiger partial charge in [0.1, 0.15) is 5.82 Å². The summed E-state index contributed by atoms with van der Waals surface area (Å²) in [5.41, 5.74) is 1.06. The van der Waals surface area contributed by atoms with Crippen LogP contribution in [0, 0.1) is 5.82 Å². The Balaban J connectivity index is 1.55. The number of halogens is 1. The predicted molar refractivity (Wildman–Crippen MR) is 79.4 cm³/mol. The molecule has 3 amide bonds. The molecule has 3 saturated heterocycles. The van der Waals surface area contributed by atoms with Crippen LogP contribution in [0.15, 0.2) is 18.2 Å². The Morgan fingerprint density at radius 3 is 2.86 bits per heavy atom. The van der Waals surface area contributed by atoms with Gasteiger partial charge in [-0.25, -0.2) is 9.18 Å². The summed E-state index contributed by atoms with van der Waals surface area (Å²) in [5.74, 6) is -0.755. The van der Waals surface area contributed by atoms with Gasteiger partial charge in [-0.3, -0.25) is 15.0 Å². The Hall–Kier alpha value is -2.15. The van der Waals surface area contributed by atoms with Gasteiger partial charge in [-0.05, 0) is 31.2 Å². The Labute approximate surface area is 127 Å². The van der Waals surface area contributed by atoms with Gasteiger partial charge in [-0.15, -0.1) is 0 Å². The minimum Gasteiger partial charge on any atom is -0.365 e. The van der Waals surface area contributed by atoms with Crippen molar-refractivity contribution in [3.8, 4) is 0 Å². The first-order valence-corrected chi connectivity index (χ1v) is 7.54. The summed E-state index contributed by atoms with van der Waals surface area (Å²) < 4.78 is 14.4. The number of imide groups is 1. The Morgan fingerprint density at radius 1 is 1.27 bits per heavy atom. The largest absolute Gasteiger partial charge is 0.365 e. The van der Waals surface area contributed by atoms with E-state index in [-0.39, 0.29) is 24.6 Å². The number of nitrogens with one attached hydrogen (secondary N) is 2. The molecule has 0 saturated carbocycles. The highest BCUT2D eigenvalue weighted by atomic mass is 19.1. The summed E-state index contributed by atoms with van der Waals surface area (Å²) in [6.07, 6.45) is 1.26. The standard InChI is InChI=1S/C15H17FN4O2/c16-10-7-9(20-8-11-13(20)3-5-17-11)1-2-12(10)19-6-4-14(21)18-15(19)22/h1-2,7,11,13,17H,3-6,8H2,(H,18,21,22)/t11-,13-/m0/s1. The fraction of sp³-hybridized carbons (Fsp3) is 0.467. The van der Waals surface area contributed by atoms with E-state index in [1.165, 1.54) is 11.0 Å². The van der Waals surface area contributed by atoms with Gasteiger partial charge in [0, 0.05) is 37.3 Å². The number of hydrogen-bond donors (Lipinski definition) is 2. The topological polar surface area (TPSA) is 64.7 Å². The number of carbonyl (C=O) groups excluding carboxylic acids is 2. The number of nitrogens with zero attached hydrogens (tertiary/aromatic N) is 2. The van der Waals surface area contributed by atoms with Crippen LogP contribution < -0.4 is 20.4 Å². The molecule has 3 fully saturated rings. The molecule has 1 aromatic carbocycles. The van der Waals surface area contributed by atoms with Gasteiger partial charge in [0.25, 0.3) is 0 Å². The van der Waals surface area contributed by atoms with Crippen molar-refractivity contribution in [3.63, 3.8) is 0 Å². The van der Waals surface area contributed by atoms with Crippen LogP contribution in [0.5, 0.6) is 0 Å². The van der Waals surface area contributed by atoms with Crippen LogP contribution in [-0.4, -0.2) is 43.7 Å². The minimum absolute atomic E-state index is 0.189. The summed E-state index contributed by atoms with van der Waals surface area (Å²) in [6.45, 7) is 2.11. The molecule has 3 heterocycles. The van der Waals surface area contributed by atoms with Crippen molar-refractivity contribution in [1.82, 2.24) is 10.6 Å². The summed E-state index contributed by atoms with van der Waals surface area (Å²) in [7, 11) is 0. The molecule has 4 rings (SSSR count). The van der Waals surface area contributed by atoms with E-state index in [1.807, 2.05) is 6.07 Å². The number of carbonyl (C=O) groups is 2. The van der Waals surface area contributed by atoms with Crippen LogP contribution in [0.3, 0.4) is 0 Å². The maximum Gasteiger partial charge on any atom is 0.328 e. The number of hydrogen-bond acceptors (Lipinski definition) is 4. The van der Waals surface area contributed by atoms with Crippen molar-refractivity contribution < 1.29 is 14.0 Å². The number of urea groups is 1. The van der Waals surface area contributed by atoms with Crippen molar-refractivity contribution in [3.05, 3.63) is 24.0 Å². The highest BCUT2D eigenvalue weighted by Gasteiger charge is 2.42. The summed E-state index contributed by atoms with van der Waals surface area (Å²) >= 11 is 0. The van der Waals surface area contributed by atoms with E-state index in [4.69, 9.17) is 0 Å². The molecule has 2 atom stereocenters. The number of anilines is 2. The Morgan fingerprint density at radius 2 is 2.14 bits per heavy atom. The third-order valence-corrected chi connectivity index (χ3v) is 4.71. The second-order valence-corrected chi connectivity index (χ2v) is 5.96. The lowest BCUT2D eigenvalue weighted by molar-refractivity contribution is -0.120. The van der Waals surface area contributed by atoms with Gasteiger partial charge in [0.2, 0.25) is 5.91 Å². The SMILES string of the molecule is O=C1CCN(c2ccc(N3C[C@@H]4NCC[C@@H]43)cc2F)C(=O)N1. The van der Waals surface area contributed by atoms with Crippen molar-refractivity contribution >= 4 is 23.3 Å². The van der Waals surface area contributed by atoms with Crippen molar-refractivity contribution in [1.29, 1.82) is 0 Å². The fourth-order valence-corrected chi connectivity index (χ4v) is 3.51. The molecule has 6 nitrogen and oxygen atoms in total. The van der Waals surface area contributed by atoms with Gasteiger partial charge in [-0.2, -0.15) is 0 Å². The van der Waals surface area contributed by atoms with Gasteiger partial charge >= 0.3 is 6.03 Å². The molecule has 2 N–H and O–H groups in total. The Bertz CT molecular complexity index is 650. The summed E-state index contributed by atoms with van der Waals surface area (Å²) in [4.78, 5) is 26.4. The molecular formula is C15H17FN4O2. The summed E-state index contributed by atoms with van der Waals surface area (Å²) in [6, 6.07) is 5.34. The van der Waals surface area contributed by atoms with Crippen molar-refractivity contribution in [2.75, 3.05) is 29.4 Å². The highest BCUT2D eigenvalue weighted by Crippen LogP contribution is 2.34. The maximum atomic E-state index is 14.4. The second kappa shape index (κ2) is 4.95. The van der Waals surface area contributed by atoms with Crippen LogP contribution in [0.2, 0.25) is 0 Å². The van der Waals surface area contributed by atoms with E-state index >= 15 is 0 Å². The van der Waals surface area contributed by atoms with E-state index in [9.17, 15) is 14.0 Å². The maximum absolute atomic E-state index is 14.4. The molecule has 1 aromatic rings. The highest BCUT2D eigenvalue weighted by molar-refractivity contribution is 6.05. The normalized spacial score (nSPS) is 27.5. The first kappa shape index (κ1) is 13.5. The molecule has 0 spiro atoms. The molecule has 3 aliphatic rings. The van der Waals surface area contributed by atoms with Crippen LogP contribution in [0.1, 0.15) is 12.8 Å². The molecule has 0 bridgehead atoms. The number of fused-ring (bicyclic) bond motifs is 1. The van der Waals surface area contributed by atoms with E-state index in [0.29, 0.717) is 12.1 Å². The lowest BCUT2D eigenvalue weighted by Gasteiger charge is -2.46. The molecule has 0 aromatic heterocycles. The molecule has 0 aliphatic carbocycles. The second-order valence-electron chi connectivity index (χ2n) is 5.96. The molecule has 7 heteroatoms. The zero-order valence-electron chi connectivity index (χ0n) is 12.0. The third kappa shape index (κ3) is 2.04. The third-order valence-electron chi connectivity index (χ3n) is 4.71. The number of amides is 3. The first-order chi connectivity index (χ1) is 10.6.